The maximum Gasteiger partial charge on any atom is 0.211 e. The lowest BCUT2D eigenvalue weighted by atomic mass is 9.62. The number of anilines is 3. The fraction of sp³-hybridized carbons (Fsp3) is 0.0200. The molecular formula is C50H33N3. The average molecular weight is 676 g/mol. The Labute approximate surface area is 309 Å². The van der Waals surface area contributed by atoms with Crippen molar-refractivity contribution in [1.82, 2.24) is 4.57 Å². The van der Waals surface area contributed by atoms with Crippen molar-refractivity contribution in [3.63, 3.8) is 0 Å². The smallest absolute Gasteiger partial charge is 0.211 e. The summed E-state index contributed by atoms with van der Waals surface area (Å²) in [6.45, 7) is 8.31. The summed E-state index contributed by atoms with van der Waals surface area (Å²) in [6, 6.07) is 71.4. The van der Waals surface area contributed by atoms with E-state index >= 15 is 0 Å². The van der Waals surface area contributed by atoms with Crippen LogP contribution in [-0.4, -0.2) is 4.57 Å². The van der Waals surface area contributed by atoms with Crippen molar-refractivity contribution >= 4 is 44.6 Å². The van der Waals surface area contributed by atoms with Gasteiger partial charge in [-0.3, -0.25) is 0 Å². The van der Waals surface area contributed by atoms with Gasteiger partial charge < -0.3 is 9.47 Å². The van der Waals surface area contributed by atoms with Crippen LogP contribution in [0.4, 0.5) is 22.7 Å². The number of fused-ring (bicyclic) bond motifs is 5. The Balaban J connectivity index is 1.22. The summed E-state index contributed by atoms with van der Waals surface area (Å²) in [5, 5.41) is 2.34. The van der Waals surface area contributed by atoms with Crippen molar-refractivity contribution < 1.29 is 0 Å². The van der Waals surface area contributed by atoms with E-state index in [9.17, 15) is 0 Å². The van der Waals surface area contributed by atoms with E-state index in [0.29, 0.717) is 5.69 Å². The molecular weight excluding hydrogens is 643 g/mol. The van der Waals surface area contributed by atoms with Gasteiger partial charge in [-0.25, -0.2) is 4.85 Å². The second-order valence-electron chi connectivity index (χ2n) is 13.6. The summed E-state index contributed by atoms with van der Waals surface area (Å²) in [4.78, 5) is 6.50. The van der Waals surface area contributed by atoms with Gasteiger partial charge in [0, 0.05) is 16.5 Å². The van der Waals surface area contributed by atoms with Crippen LogP contribution in [0.1, 0.15) is 22.3 Å². The van der Waals surface area contributed by atoms with Crippen molar-refractivity contribution in [2.24, 2.45) is 0 Å². The van der Waals surface area contributed by atoms with Crippen LogP contribution in [-0.2, 0) is 5.41 Å². The summed E-state index contributed by atoms with van der Waals surface area (Å²) in [7, 11) is 0. The van der Waals surface area contributed by atoms with Gasteiger partial charge in [0.25, 0.3) is 0 Å². The molecule has 0 radical (unpaired) electrons. The third-order valence-corrected chi connectivity index (χ3v) is 10.9. The van der Waals surface area contributed by atoms with E-state index in [-0.39, 0.29) is 0 Å². The Bertz CT molecular complexity index is 2720. The highest BCUT2D eigenvalue weighted by molar-refractivity contribution is 6.10. The van der Waals surface area contributed by atoms with Crippen molar-refractivity contribution in [2.45, 2.75) is 5.41 Å². The van der Waals surface area contributed by atoms with Crippen molar-refractivity contribution in [3.05, 3.63) is 234 Å². The highest BCUT2D eigenvalue weighted by Crippen LogP contribution is 2.57. The minimum atomic E-state index is -0.530. The molecule has 1 aliphatic heterocycles. The topological polar surface area (TPSA) is 12.5 Å². The number of nitrogens with zero attached hydrogens (tertiary/aromatic N) is 3. The second-order valence-corrected chi connectivity index (χ2v) is 13.6. The van der Waals surface area contributed by atoms with Gasteiger partial charge >= 0.3 is 0 Å². The molecule has 2 heterocycles. The summed E-state index contributed by atoms with van der Waals surface area (Å²) in [5.41, 5.74) is 13.4. The van der Waals surface area contributed by atoms with E-state index in [4.69, 9.17) is 6.57 Å². The zero-order valence-corrected chi connectivity index (χ0v) is 28.9. The SMILES string of the molecule is [C-]#[N+]c1cccc(-c2cccc(N3c4ccccc4C(c4ccccc4)(c4ccccc4)c4ccccc43)c2)c1-n1c2ccccc2c2ccccc21. The fourth-order valence-electron chi connectivity index (χ4n) is 8.75. The molecule has 3 heteroatoms. The van der Waals surface area contributed by atoms with E-state index in [2.05, 4.69) is 202 Å². The molecule has 53 heavy (non-hydrogen) atoms. The number of rotatable bonds is 5. The molecule has 1 aromatic heterocycles. The molecule has 3 nitrogen and oxygen atoms in total. The van der Waals surface area contributed by atoms with Gasteiger partial charge in [0.15, 0.2) is 0 Å². The van der Waals surface area contributed by atoms with Gasteiger partial charge in [-0.15, -0.1) is 0 Å². The van der Waals surface area contributed by atoms with Crippen LogP contribution in [0.5, 0.6) is 0 Å². The number of aromatic nitrogens is 1. The second kappa shape index (κ2) is 12.3. The molecule has 0 saturated heterocycles. The zero-order chi connectivity index (χ0) is 35.4. The summed E-state index contributed by atoms with van der Waals surface area (Å²) in [6.07, 6.45) is 0. The Morgan fingerprint density at radius 3 is 1.55 bits per heavy atom. The maximum atomic E-state index is 8.31. The number of hydrogen-bond donors (Lipinski definition) is 0. The molecule has 248 valence electrons. The van der Waals surface area contributed by atoms with Gasteiger partial charge in [-0.1, -0.05) is 164 Å². The Kier molecular flexibility index (Phi) is 7.09. The first-order valence-corrected chi connectivity index (χ1v) is 18.0. The average Bonchev–Trinajstić information content (AvgIpc) is 3.57. The number of hydrogen-bond acceptors (Lipinski definition) is 1. The number of benzene rings is 8. The molecule has 0 unspecified atom stereocenters. The molecule has 10 rings (SSSR count). The lowest BCUT2D eigenvalue weighted by molar-refractivity contribution is 0.731. The third kappa shape index (κ3) is 4.53. The van der Waals surface area contributed by atoms with E-state index in [1.54, 1.807) is 0 Å². The van der Waals surface area contributed by atoms with Gasteiger partial charge in [0.1, 0.15) is 0 Å². The molecule has 0 amide bonds. The van der Waals surface area contributed by atoms with Gasteiger partial charge in [0.2, 0.25) is 5.69 Å². The van der Waals surface area contributed by atoms with Crippen LogP contribution in [0.15, 0.2) is 200 Å². The predicted octanol–water partition coefficient (Wildman–Crippen LogP) is 13.2. The summed E-state index contributed by atoms with van der Waals surface area (Å²) >= 11 is 0. The Hall–Kier alpha value is -7.15. The first kappa shape index (κ1) is 30.7. The molecule has 0 bridgehead atoms. The first-order valence-electron chi connectivity index (χ1n) is 18.0. The molecule has 0 spiro atoms. The van der Waals surface area contributed by atoms with E-state index in [1.807, 2.05) is 12.1 Å². The van der Waals surface area contributed by atoms with Crippen LogP contribution in [0, 0.1) is 6.57 Å². The van der Waals surface area contributed by atoms with E-state index in [0.717, 1.165) is 44.9 Å². The van der Waals surface area contributed by atoms with Gasteiger partial charge in [-0.05, 0) is 69.8 Å². The monoisotopic (exact) mass is 675 g/mol. The molecule has 8 aromatic carbocycles. The van der Waals surface area contributed by atoms with E-state index < -0.39 is 5.41 Å². The quantitative estimate of drug-likeness (QED) is 0.165. The van der Waals surface area contributed by atoms with Gasteiger partial charge in [0.05, 0.1) is 40.1 Å². The Morgan fingerprint density at radius 1 is 0.453 bits per heavy atom. The molecule has 0 saturated carbocycles. The molecule has 1 aliphatic rings. The first-order chi connectivity index (χ1) is 26.3. The van der Waals surface area contributed by atoms with Gasteiger partial charge in [-0.2, -0.15) is 0 Å². The molecule has 0 fully saturated rings. The lowest BCUT2D eigenvalue weighted by Crippen LogP contribution is -2.37. The molecule has 0 aliphatic carbocycles. The maximum absolute atomic E-state index is 8.31. The minimum absolute atomic E-state index is 0.530. The van der Waals surface area contributed by atoms with Crippen molar-refractivity contribution in [1.29, 1.82) is 0 Å². The minimum Gasteiger partial charge on any atom is -0.318 e. The summed E-state index contributed by atoms with van der Waals surface area (Å²) in [5.74, 6) is 0. The molecule has 0 atom stereocenters. The van der Waals surface area contributed by atoms with Crippen LogP contribution in [0.3, 0.4) is 0 Å². The highest BCUT2D eigenvalue weighted by Gasteiger charge is 2.46. The Morgan fingerprint density at radius 2 is 0.962 bits per heavy atom. The molecule has 0 N–H and O–H groups in total. The predicted molar refractivity (Wildman–Crippen MR) is 219 cm³/mol. The normalized spacial score (nSPS) is 13.0. The summed E-state index contributed by atoms with van der Waals surface area (Å²) < 4.78 is 2.28. The van der Waals surface area contributed by atoms with Crippen LogP contribution >= 0.6 is 0 Å². The van der Waals surface area contributed by atoms with Crippen LogP contribution < -0.4 is 4.90 Å². The fourth-order valence-corrected chi connectivity index (χ4v) is 8.75. The number of para-hydroxylation sites is 5. The van der Waals surface area contributed by atoms with E-state index in [1.165, 1.54) is 33.0 Å². The highest BCUT2D eigenvalue weighted by atomic mass is 15.2. The van der Waals surface area contributed by atoms with Crippen LogP contribution in [0.25, 0.3) is 43.5 Å². The zero-order valence-electron chi connectivity index (χ0n) is 28.9. The van der Waals surface area contributed by atoms with Crippen LogP contribution in [0.2, 0.25) is 0 Å². The molecule has 9 aromatic rings. The third-order valence-electron chi connectivity index (χ3n) is 10.9. The van der Waals surface area contributed by atoms with Crippen molar-refractivity contribution in [3.8, 4) is 16.8 Å². The standard InChI is InChI=1S/C50H33N3/c1-51-44-29-17-26-39(49(44)53-45-30-12-8-24-40(45)41-25-9-13-31-46(41)53)35-18-16-23-38(34-35)52-47-32-14-10-27-42(47)50(36-19-4-2-5-20-36,37-21-6-3-7-22-37)43-28-11-15-33-48(43)52/h2-34H. The van der Waals surface area contributed by atoms with Crippen molar-refractivity contribution in [2.75, 3.05) is 4.90 Å². The lowest BCUT2D eigenvalue weighted by Gasteiger charge is -2.46. The largest absolute Gasteiger partial charge is 0.318 e.